The molecule has 3 heterocycles. The third-order valence-corrected chi connectivity index (χ3v) is 7.76. The predicted molar refractivity (Wildman–Crippen MR) is 132 cm³/mol. The summed E-state index contributed by atoms with van der Waals surface area (Å²) in [5, 5.41) is 2.96. The predicted octanol–water partition coefficient (Wildman–Crippen LogP) is 3.48. The molecule has 3 aliphatic rings. The third-order valence-electron chi connectivity index (χ3n) is 7.76. The van der Waals surface area contributed by atoms with E-state index in [0.717, 1.165) is 81.8 Å². The zero-order chi connectivity index (χ0) is 23.4. The second-order valence-electron chi connectivity index (χ2n) is 11.4. The van der Waals surface area contributed by atoms with Crippen molar-refractivity contribution in [1.82, 2.24) is 20.2 Å². The molecule has 0 radical (unpaired) electrons. The summed E-state index contributed by atoms with van der Waals surface area (Å²) < 4.78 is 5.65. The van der Waals surface area contributed by atoms with E-state index in [4.69, 9.17) is 14.7 Å². The van der Waals surface area contributed by atoms with Crippen molar-refractivity contribution in [3.63, 3.8) is 0 Å². The number of ether oxygens (including phenoxy) is 1. The second-order valence-corrected chi connectivity index (χ2v) is 11.4. The first kappa shape index (κ1) is 24.4. The third kappa shape index (κ3) is 6.24. The van der Waals surface area contributed by atoms with Crippen molar-refractivity contribution >= 4 is 12.2 Å². The molecule has 33 heavy (non-hydrogen) atoms. The Kier molecular flexibility index (Phi) is 7.90. The van der Waals surface area contributed by atoms with Gasteiger partial charge in [0.2, 0.25) is 6.41 Å². The molecule has 7 nitrogen and oxygen atoms in total. The molecule has 184 valence electrons. The van der Waals surface area contributed by atoms with Crippen LogP contribution in [-0.2, 0) is 14.9 Å². The summed E-state index contributed by atoms with van der Waals surface area (Å²) in [6, 6.07) is 3.06. The van der Waals surface area contributed by atoms with Crippen molar-refractivity contribution in [2.24, 2.45) is 5.92 Å². The molecule has 2 aliphatic heterocycles. The number of aromatic nitrogens is 2. The number of amides is 1. The number of carbonyl (C=O) groups is 1. The van der Waals surface area contributed by atoms with Gasteiger partial charge in [-0.1, -0.05) is 20.8 Å². The number of carbonyl (C=O) groups excluding carboxylic acids is 1. The molecule has 0 bridgehead atoms. The maximum absolute atomic E-state index is 10.7. The van der Waals surface area contributed by atoms with Gasteiger partial charge in [0, 0.05) is 55.7 Å². The highest BCUT2D eigenvalue weighted by molar-refractivity contribution is 5.46. The zero-order valence-electron chi connectivity index (χ0n) is 21.1. The Morgan fingerprint density at radius 1 is 1.15 bits per heavy atom. The Bertz CT molecular complexity index is 781. The van der Waals surface area contributed by atoms with Crippen molar-refractivity contribution in [2.75, 3.05) is 44.3 Å². The molecule has 2 atom stereocenters. The fraction of sp³-hybridized carbons (Fsp3) is 0.808. The van der Waals surface area contributed by atoms with Gasteiger partial charge in [0.15, 0.2) is 0 Å². The van der Waals surface area contributed by atoms with Gasteiger partial charge in [0.05, 0.1) is 12.3 Å². The highest BCUT2D eigenvalue weighted by atomic mass is 16.5. The number of nitrogens with one attached hydrogen (secondary N) is 1. The van der Waals surface area contributed by atoms with E-state index in [-0.39, 0.29) is 5.41 Å². The summed E-state index contributed by atoms with van der Waals surface area (Å²) >= 11 is 0. The Balaban J connectivity index is 1.35. The van der Waals surface area contributed by atoms with Crippen LogP contribution < -0.4 is 10.2 Å². The number of piperazine rings is 1. The van der Waals surface area contributed by atoms with Gasteiger partial charge in [-0.05, 0) is 57.9 Å². The monoisotopic (exact) mass is 457 g/mol. The van der Waals surface area contributed by atoms with E-state index in [9.17, 15) is 4.79 Å². The fourth-order valence-electron chi connectivity index (χ4n) is 5.57. The van der Waals surface area contributed by atoms with E-state index in [1.807, 2.05) is 0 Å². The summed E-state index contributed by atoms with van der Waals surface area (Å²) in [7, 11) is 0. The van der Waals surface area contributed by atoms with Crippen molar-refractivity contribution in [3.05, 3.63) is 17.6 Å². The molecule has 1 aromatic rings. The van der Waals surface area contributed by atoms with Gasteiger partial charge >= 0.3 is 0 Å². The van der Waals surface area contributed by atoms with Gasteiger partial charge in [-0.2, -0.15) is 0 Å². The number of nitrogens with zero attached hydrogens (tertiary/aromatic N) is 4. The van der Waals surface area contributed by atoms with E-state index in [0.29, 0.717) is 18.0 Å². The first-order chi connectivity index (χ1) is 15.8. The van der Waals surface area contributed by atoms with Crippen LogP contribution in [0.4, 0.5) is 5.82 Å². The van der Waals surface area contributed by atoms with E-state index >= 15 is 0 Å². The van der Waals surface area contributed by atoms with Gasteiger partial charge in [0.25, 0.3) is 0 Å². The molecular formula is C26H43N5O2. The van der Waals surface area contributed by atoms with Crippen LogP contribution in [0.25, 0.3) is 0 Å². The lowest BCUT2D eigenvalue weighted by Gasteiger charge is -2.41. The topological polar surface area (TPSA) is 70.6 Å². The summed E-state index contributed by atoms with van der Waals surface area (Å²) in [4.78, 5) is 25.8. The molecule has 4 rings (SSSR count). The lowest BCUT2D eigenvalue weighted by Crippen LogP contribution is -2.52. The minimum atomic E-state index is -0.0739. The van der Waals surface area contributed by atoms with Crippen LogP contribution in [0.1, 0.15) is 83.7 Å². The average Bonchev–Trinajstić information content (AvgIpc) is 3.33. The zero-order valence-corrected chi connectivity index (χ0v) is 21.1. The highest BCUT2D eigenvalue weighted by Crippen LogP contribution is 2.31. The molecule has 7 heteroatoms. The first-order valence-corrected chi connectivity index (χ1v) is 13.0. The van der Waals surface area contributed by atoms with Crippen LogP contribution in [0, 0.1) is 5.92 Å². The molecule has 0 aromatic carbocycles. The van der Waals surface area contributed by atoms with Crippen molar-refractivity contribution < 1.29 is 9.53 Å². The van der Waals surface area contributed by atoms with E-state index in [1.54, 1.807) is 0 Å². The van der Waals surface area contributed by atoms with Crippen LogP contribution in [0.3, 0.4) is 0 Å². The van der Waals surface area contributed by atoms with Crippen molar-refractivity contribution in [3.8, 4) is 0 Å². The summed E-state index contributed by atoms with van der Waals surface area (Å²) in [5.74, 6) is 3.22. The van der Waals surface area contributed by atoms with Crippen LogP contribution in [-0.4, -0.2) is 72.8 Å². The molecular weight excluding hydrogens is 414 g/mol. The molecule has 2 unspecified atom stereocenters. The van der Waals surface area contributed by atoms with Crippen molar-refractivity contribution in [1.29, 1.82) is 0 Å². The van der Waals surface area contributed by atoms with Gasteiger partial charge in [-0.25, -0.2) is 9.97 Å². The minimum Gasteiger partial charge on any atom is -0.381 e. The van der Waals surface area contributed by atoms with Crippen LogP contribution in [0.15, 0.2) is 6.07 Å². The van der Waals surface area contributed by atoms with Crippen LogP contribution >= 0.6 is 0 Å². The second kappa shape index (κ2) is 10.7. The molecule has 1 amide bonds. The normalized spacial score (nSPS) is 29.3. The molecule has 0 spiro atoms. The molecule has 1 saturated carbocycles. The minimum absolute atomic E-state index is 0.0739. The Labute approximate surface area is 199 Å². The first-order valence-electron chi connectivity index (χ1n) is 13.0. The van der Waals surface area contributed by atoms with Gasteiger partial charge in [0.1, 0.15) is 11.6 Å². The van der Waals surface area contributed by atoms with Gasteiger partial charge < -0.3 is 15.0 Å². The van der Waals surface area contributed by atoms with Gasteiger partial charge in [-0.3, -0.25) is 9.69 Å². The smallest absolute Gasteiger partial charge is 0.207 e. The number of anilines is 1. The van der Waals surface area contributed by atoms with Gasteiger partial charge in [-0.15, -0.1) is 0 Å². The number of hydrogen-bond donors (Lipinski definition) is 1. The maximum Gasteiger partial charge on any atom is 0.207 e. The number of hydrogen-bond acceptors (Lipinski definition) is 6. The summed E-state index contributed by atoms with van der Waals surface area (Å²) in [5.41, 5.74) is 1.08. The molecule has 2 saturated heterocycles. The van der Waals surface area contributed by atoms with Crippen LogP contribution in [0.2, 0.25) is 0 Å². The Morgan fingerprint density at radius 3 is 2.58 bits per heavy atom. The molecule has 1 aromatic heterocycles. The average molecular weight is 458 g/mol. The van der Waals surface area contributed by atoms with Crippen molar-refractivity contribution in [2.45, 2.75) is 89.6 Å². The molecule has 1 aliphatic carbocycles. The fourth-order valence-corrected chi connectivity index (χ4v) is 5.57. The quantitative estimate of drug-likeness (QED) is 0.632. The molecule has 1 N–H and O–H groups in total. The Hall–Kier alpha value is -1.73. The maximum atomic E-state index is 10.7. The van der Waals surface area contributed by atoms with E-state index in [1.165, 1.54) is 25.8 Å². The Morgan fingerprint density at radius 2 is 1.94 bits per heavy atom. The summed E-state index contributed by atoms with van der Waals surface area (Å²) in [6.07, 6.45) is 7.93. The lowest BCUT2D eigenvalue weighted by molar-refractivity contribution is -0.110. The lowest BCUT2D eigenvalue weighted by atomic mass is 9.84. The largest absolute Gasteiger partial charge is 0.381 e. The standard InChI is InChI=1S/C26H43N5O2/c1-19-16-30(11-9-20-5-7-22(8-6-20)27-18-32)12-13-31(19)24-15-23(21-10-14-33-17-21)28-25(29-24)26(2,3)4/h15,18-22H,5-14,16-17H2,1-4H3,(H,27,32). The number of rotatable bonds is 7. The van der Waals surface area contributed by atoms with E-state index < -0.39 is 0 Å². The highest BCUT2D eigenvalue weighted by Gasteiger charge is 2.30. The van der Waals surface area contributed by atoms with E-state index in [2.05, 4.69) is 48.9 Å². The molecule has 3 fully saturated rings. The van der Waals surface area contributed by atoms with Crippen LogP contribution in [0.5, 0.6) is 0 Å². The summed E-state index contributed by atoms with van der Waals surface area (Å²) in [6.45, 7) is 14.9. The SMILES string of the molecule is CC1CN(CCC2CCC(NC=O)CC2)CCN1c1cc(C2CCOC2)nc(C(C)(C)C)n1.